The van der Waals surface area contributed by atoms with Gasteiger partial charge in [0.2, 0.25) is 0 Å². The third-order valence-electron chi connectivity index (χ3n) is 1.98. The number of hydrogen-bond acceptors (Lipinski definition) is 2. The zero-order valence-corrected chi connectivity index (χ0v) is 8.75. The van der Waals surface area contributed by atoms with E-state index in [2.05, 4.69) is 0 Å². The molecule has 15 heavy (non-hydrogen) atoms. The molecule has 0 heterocycles. The fraction of sp³-hybridized carbons (Fsp3) is 0.0909. The molecule has 76 valence electrons. The van der Waals surface area contributed by atoms with Gasteiger partial charge in [0.1, 0.15) is 11.6 Å². The number of allylic oxidation sites excluding steroid dienone is 1. The zero-order valence-electron chi connectivity index (χ0n) is 7.99. The maximum atomic E-state index is 10.7. The van der Waals surface area contributed by atoms with Crippen LogP contribution in [0.1, 0.15) is 12.5 Å². The number of hydrogen-bond donors (Lipinski definition) is 1. The van der Waals surface area contributed by atoms with Gasteiger partial charge in [0.15, 0.2) is 0 Å². The molecule has 0 saturated carbocycles. The Morgan fingerprint density at radius 3 is 2.33 bits per heavy atom. The monoisotopic (exact) mass is 221 g/mol. The molecule has 1 N–H and O–H groups in total. The number of halogens is 1. The molecular formula is C11H8ClNO2. The third kappa shape index (κ3) is 2.58. The minimum absolute atomic E-state index is 0.252. The smallest absolute Gasteiger partial charge is 0.346 e. The number of nitrogens with zero attached hydrogens (tertiary/aromatic N) is 1. The van der Waals surface area contributed by atoms with Gasteiger partial charge in [0.05, 0.1) is 0 Å². The Morgan fingerprint density at radius 1 is 1.40 bits per heavy atom. The van der Waals surface area contributed by atoms with Gasteiger partial charge in [-0.3, -0.25) is 0 Å². The molecule has 0 spiro atoms. The number of nitriles is 1. The summed E-state index contributed by atoms with van der Waals surface area (Å²) in [5.41, 5.74) is 0.859. The van der Waals surface area contributed by atoms with Gasteiger partial charge < -0.3 is 5.11 Å². The average molecular weight is 222 g/mol. The van der Waals surface area contributed by atoms with Crippen molar-refractivity contribution in [2.24, 2.45) is 0 Å². The molecule has 0 aromatic heterocycles. The Balaban J connectivity index is 3.24. The lowest BCUT2D eigenvalue weighted by molar-refractivity contribution is -0.132. The first kappa shape index (κ1) is 11.3. The van der Waals surface area contributed by atoms with E-state index in [0.717, 1.165) is 0 Å². The van der Waals surface area contributed by atoms with Gasteiger partial charge in [-0.2, -0.15) is 5.26 Å². The maximum Gasteiger partial charge on any atom is 0.346 e. The van der Waals surface area contributed by atoms with E-state index in [1.807, 2.05) is 0 Å². The van der Waals surface area contributed by atoms with Crippen molar-refractivity contribution < 1.29 is 9.90 Å². The number of carboxylic acid groups (broad SMARTS) is 1. The molecule has 0 unspecified atom stereocenters. The highest BCUT2D eigenvalue weighted by molar-refractivity contribution is 6.30. The highest BCUT2D eigenvalue weighted by atomic mass is 35.5. The van der Waals surface area contributed by atoms with Crippen molar-refractivity contribution in [2.45, 2.75) is 6.92 Å². The minimum Gasteiger partial charge on any atom is -0.477 e. The first-order valence-corrected chi connectivity index (χ1v) is 4.54. The van der Waals surface area contributed by atoms with Crippen LogP contribution in [-0.4, -0.2) is 11.1 Å². The summed E-state index contributed by atoms with van der Waals surface area (Å²) in [5, 5.41) is 18.0. The standard InChI is InChI=1S/C11H8ClNO2/c1-7(10(6-13)11(14)15)8-2-4-9(12)5-3-8/h2-5H,1H3,(H,14,15). The summed E-state index contributed by atoms with van der Waals surface area (Å²) in [6.07, 6.45) is 0. The van der Waals surface area contributed by atoms with Crippen molar-refractivity contribution in [3.8, 4) is 6.07 Å². The van der Waals surface area contributed by atoms with Crippen LogP contribution in [0.5, 0.6) is 0 Å². The van der Waals surface area contributed by atoms with Crippen LogP contribution < -0.4 is 0 Å². The minimum atomic E-state index is -1.22. The Labute approximate surface area is 92.2 Å². The number of benzene rings is 1. The fourth-order valence-corrected chi connectivity index (χ4v) is 1.26. The third-order valence-corrected chi connectivity index (χ3v) is 2.23. The lowest BCUT2D eigenvalue weighted by Crippen LogP contribution is -2.00. The van der Waals surface area contributed by atoms with E-state index in [4.69, 9.17) is 22.0 Å². The van der Waals surface area contributed by atoms with Crippen LogP contribution in [0.15, 0.2) is 29.8 Å². The second-order valence-electron chi connectivity index (χ2n) is 2.92. The Kier molecular flexibility index (Phi) is 3.48. The Morgan fingerprint density at radius 2 is 1.93 bits per heavy atom. The van der Waals surface area contributed by atoms with Crippen LogP contribution >= 0.6 is 11.6 Å². The van der Waals surface area contributed by atoms with Gasteiger partial charge in [0.25, 0.3) is 0 Å². The number of carbonyl (C=O) groups is 1. The molecule has 0 saturated heterocycles. The van der Waals surface area contributed by atoms with Crippen LogP contribution in [0.25, 0.3) is 5.57 Å². The molecule has 4 heteroatoms. The van der Waals surface area contributed by atoms with Gasteiger partial charge in [-0.15, -0.1) is 0 Å². The summed E-state index contributed by atoms with van der Waals surface area (Å²) in [5.74, 6) is -1.22. The van der Waals surface area contributed by atoms with Crippen molar-refractivity contribution in [2.75, 3.05) is 0 Å². The summed E-state index contributed by atoms with van der Waals surface area (Å²) in [6.45, 7) is 1.59. The number of carboxylic acids is 1. The van der Waals surface area contributed by atoms with Gasteiger partial charge >= 0.3 is 5.97 Å². The molecule has 1 aromatic rings. The largest absolute Gasteiger partial charge is 0.477 e. The molecule has 0 fully saturated rings. The van der Waals surface area contributed by atoms with Crippen molar-refractivity contribution in [1.29, 1.82) is 5.26 Å². The predicted octanol–water partition coefficient (Wildman–Crippen LogP) is 2.72. The molecule has 0 aliphatic carbocycles. The van der Waals surface area contributed by atoms with Crippen molar-refractivity contribution in [3.63, 3.8) is 0 Å². The first-order chi connectivity index (χ1) is 7.06. The van der Waals surface area contributed by atoms with Crippen molar-refractivity contribution in [3.05, 3.63) is 40.4 Å². The summed E-state index contributed by atoms with van der Waals surface area (Å²) >= 11 is 5.69. The van der Waals surface area contributed by atoms with E-state index >= 15 is 0 Å². The SMILES string of the molecule is CC(=C(C#N)C(=O)O)c1ccc(Cl)cc1. The Hall–Kier alpha value is -1.79. The molecule has 1 aromatic carbocycles. The van der Waals surface area contributed by atoms with Gasteiger partial charge in [0, 0.05) is 5.02 Å². The van der Waals surface area contributed by atoms with Crippen LogP contribution in [0, 0.1) is 11.3 Å². The molecule has 0 aliphatic rings. The van der Waals surface area contributed by atoms with Gasteiger partial charge in [-0.05, 0) is 30.2 Å². The second-order valence-corrected chi connectivity index (χ2v) is 3.36. The van der Waals surface area contributed by atoms with Crippen LogP contribution in [0.4, 0.5) is 0 Å². The quantitative estimate of drug-likeness (QED) is 0.617. The van der Waals surface area contributed by atoms with E-state index in [1.54, 1.807) is 37.3 Å². The maximum absolute atomic E-state index is 10.7. The molecule has 0 aliphatic heterocycles. The van der Waals surface area contributed by atoms with Crippen molar-refractivity contribution >= 4 is 23.1 Å². The topological polar surface area (TPSA) is 61.1 Å². The molecule has 0 atom stereocenters. The molecule has 0 radical (unpaired) electrons. The van der Waals surface area contributed by atoms with E-state index in [1.165, 1.54) is 0 Å². The summed E-state index contributed by atoms with van der Waals surface area (Å²) in [4.78, 5) is 10.7. The predicted molar refractivity (Wildman–Crippen MR) is 57.3 cm³/mol. The second kappa shape index (κ2) is 4.63. The summed E-state index contributed by atoms with van der Waals surface area (Å²) in [7, 11) is 0. The highest BCUT2D eigenvalue weighted by Gasteiger charge is 2.11. The van der Waals surface area contributed by atoms with Crippen molar-refractivity contribution in [1.82, 2.24) is 0 Å². The molecular weight excluding hydrogens is 214 g/mol. The van der Waals surface area contributed by atoms with Crippen LogP contribution in [0.2, 0.25) is 5.02 Å². The molecule has 1 rings (SSSR count). The van der Waals surface area contributed by atoms with Crippen LogP contribution in [0.3, 0.4) is 0 Å². The first-order valence-electron chi connectivity index (χ1n) is 4.16. The average Bonchev–Trinajstić information content (AvgIpc) is 2.19. The molecule has 3 nitrogen and oxygen atoms in total. The number of rotatable bonds is 2. The summed E-state index contributed by atoms with van der Waals surface area (Å²) < 4.78 is 0. The van der Waals surface area contributed by atoms with E-state index in [0.29, 0.717) is 16.2 Å². The highest BCUT2D eigenvalue weighted by Crippen LogP contribution is 2.20. The molecule has 0 amide bonds. The van der Waals surface area contributed by atoms with E-state index in [-0.39, 0.29) is 5.57 Å². The van der Waals surface area contributed by atoms with Gasteiger partial charge in [-0.25, -0.2) is 4.79 Å². The van der Waals surface area contributed by atoms with Gasteiger partial charge in [-0.1, -0.05) is 23.7 Å². The summed E-state index contributed by atoms with van der Waals surface area (Å²) in [6, 6.07) is 8.32. The zero-order chi connectivity index (χ0) is 11.4. The van der Waals surface area contributed by atoms with E-state index in [9.17, 15) is 4.79 Å². The lowest BCUT2D eigenvalue weighted by Gasteiger charge is -2.02. The normalized spacial score (nSPS) is 11.5. The fourth-order valence-electron chi connectivity index (χ4n) is 1.14. The lowest BCUT2D eigenvalue weighted by atomic mass is 10.0. The van der Waals surface area contributed by atoms with E-state index < -0.39 is 5.97 Å². The molecule has 0 bridgehead atoms. The number of aliphatic carboxylic acids is 1. The Bertz CT molecular complexity index is 454. The van der Waals surface area contributed by atoms with Crippen LogP contribution in [-0.2, 0) is 4.79 Å².